The van der Waals surface area contributed by atoms with Crippen molar-refractivity contribution in [2.45, 2.75) is 237 Å². The molecular formula is C56H98O8. The molecule has 2 N–H and O–H groups in total. The van der Waals surface area contributed by atoms with Gasteiger partial charge in [-0.25, -0.2) is 0 Å². The predicted octanol–water partition coefficient (Wildman–Crippen LogP) is 12.9. The lowest BCUT2D eigenvalue weighted by atomic mass is 9.79. The van der Waals surface area contributed by atoms with Gasteiger partial charge in [0.15, 0.2) is 5.78 Å². The standard InChI is InChI=1S/C11H18O3.C11H20O.C10H18O.C9H16O.C8H14O.C7H12O/c1-6(2)10(13)8-4-7(3)11(14)9(12)5-8;1-9(2)11(12)8-10-6-4-3-5-7-10;1-8(2)10(11)9-6-4-3-5-7-9;1-7(2)9(10)8-5-3-4-6-8;1-6(2)8(9)7-4-3-5-7;1-5(2)7(8)6-3-4-6/h4,6-7,9,11-12,14H,5H2,1-3H3;9-10H,3-8H2,1-2H3;8-9H,3-7H2,1-2H3;7-8H,3-6H2,1-2H3;6-7H,3-5H2,1-2H3;5-6H,3-4H2,1-2H3. The Morgan fingerprint density at radius 1 is 0.453 bits per heavy atom. The highest BCUT2D eigenvalue weighted by Gasteiger charge is 2.32. The molecule has 8 heteroatoms. The number of rotatable bonds is 13. The normalized spacial score (nSPS) is 22.9. The molecule has 8 nitrogen and oxygen atoms in total. The first-order chi connectivity index (χ1) is 30.0. The second-order valence-corrected chi connectivity index (χ2v) is 22.1. The van der Waals surface area contributed by atoms with Gasteiger partial charge in [-0.3, -0.25) is 28.8 Å². The molecule has 3 atom stereocenters. The quantitative estimate of drug-likeness (QED) is 0.186. The van der Waals surface area contributed by atoms with E-state index < -0.39 is 12.2 Å². The summed E-state index contributed by atoms with van der Waals surface area (Å²) in [5, 5.41) is 19.0. The molecule has 0 heterocycles. The number of carbonyl (C=O) groups excluding carboxylic acids is 6. The topological polar surface area (TPSA) is 143 Å². The van der Waals surface area contributed by atoms with Crippen molar-refractivity contribution in [2.24, 2.45) is 71.0 Å². The van der Waals surface area contributed by atoms with Crippen LogP contribution in [0.3, 0.4) is 0 Å². The Balaban J connectivity index is 0.000000387. The Hall–Kier alpha value is -2.32. The maximum absolute atomic E-state index is 11.6. The van der Waals surface area contributed by atoms with E-state index in [0.29, 0.717) is 64.1 Å². The van der Waals surface area contributed by atoms with Crippen molar-refractivity contribution in [3.63, 3.8) is 0 Å². The number of aliphatic hydroxyl groups excluding tert-OH is 2. The summed E-state index contributed by atoms with van der Waals surface area (Å²) in [6.07, 6.45) is 24.9. The molecule has 6 aliphatic rings. The summed E-state index contributed by atoms with van der Waals surface area (Å²) in [5.74, 6) is 5.95. The fourth-order valence-electron chi connectivity index (χ4n) is 9.19. The zero-order chi connectivity index (χ0) is 48.7. The van der Waals surface area contributed by atoms with E-state index >= 15 is 0 Å². The van der Waals surface area contributed by atoms with Crippen LogP contribution in [-0.2, 0) is 28.8 Å². The SMILES string of the molecule is CC(C)C(=O)C1=CC(C)C(O)C(O)C1.CC(C)C(=O)C1CC1.CC(C)C(=O)C1CCC1.CC(C)C(=O)C1CCCC1.CC(C)C(=O)C1CCCCC1.CC(C)C(=O)CC1CCCCC1. The zero-order valence-electron chi connectivity index (χ0n) is 43.4. The first-order valence-electron chi connectivity index (χ1n) is 26.3. The molecule has 64 heavy (non-hydrogen) atoms. The Labute approximate surface area is 392 Å². The lowest BCUT2D eigenvalue weighted by Gasteiger charge is -2.28. The predicted molar refractivity (Wildman–Crippen MR) is 263 cm³/mol. The van der Waals surface area contributed by atoms with Gasteiger partial charge in [-0.05, 0) is 62.9 Å². The molecule has 0 radical (unpaired) electrons. The molecule has 0 aliphatic heterocycles. The highest BCUT2D eigenvalue weighted by Crippen LogP contribution is 2.33. The number of ketones is 6. The van der Waals surface area contributed by atoms with Crippen LogP contribution in [0.2, 0.25) is 0 Å². The summed E-state index contributed by atoms with van der Waals surface area (Å²) in [6.45, 7) is 25.4. The molecule has 3 unspecified atom stereocenters. The molecular weight excluding hydrogens is 801 g/mol. The van der Waals surface area contributed by atoms with Gasteiger partial charge in [-0.2, -0.15) is 0 Å². The maximum Gasteiger partial charge on any atom is 0.161 e. The van der Waals surface area contributed by atoms with Gasteiger partial charge in [0, 0.05) is 77.9 Å². The van der Waals surface area contributed by atoms with Crippen LogP contribution in [0.25, 0.3) is 0 Å². The van der Waals surface area contributed by atoms with Crippen molar-refractivity contribution in [1.29, 1.82) is 0 Å². The van der Waals surface area contributed by atoms with E-state index in [2.05, 4.69) is 0 Å². The molecule has 0 aromatic rings. The average molecular weight is 899 g/mol. The van der Waals surface area contributed by atoms with Gasteiger partial charge >= 0.3 is 0 Å². The Kier molecular flexibility index (Phi) is 29.5. The van der Waals surface area contributed by atoms with Crippen LogP contribution < -0.4 is 0 Å². The fourth-order valence-corrected chi connectivity index (χ4v) is 9.19. The molecule has 370 valence electrons. The van der Waals surface area contributed by atoms with E-state index in [0.717, 1.165) is 57.8 Å². The second-order valence-electron chi connectivity index (χ2n) is 22.1. The lowest BCUT2D eigenvalue weighted by Crippen LogP contribution is -2.36. The zero-order valence-corrected chi connectivity index (χ0v) is 43.4. The van der Waals surface area contributed by atoms with Crippen LogP contribution in [0.1, 0.15) is 225 Å². The monoisotopic (exact) mass is 899 g/mol. The third-order valence-electron chi connectivity index (χ3n) is 14.1. The van der Waals surface area contributed by atoms with E-state index in [-0.39, 0.29) is 53.6 Å². The van der Waals surface area contributed by atoms with E-state index in [4.69, 9.17) is 0 Å². The highest BCUT2D eigenvalue weighted by atomic mass is 16.3. The third-order valence-corrected chi connectivity index (χ3v) is 14.1. The molecule has 6 rings (SSSR count). The van der Waals surface area contributed by atoms with Crippen LogP contribution in [0.15, 0.2) is 11.6 Å². The van der Waals surface area contributed by atoms with E-state index in [1.807, 2.05) is 83.1 Å². The van der Waals surface area contributed by atoms with Crippen molar-refractivity contribution < 1.29 is 39.0 Å². The van der Waals surface area contributed by atoms with Gasteiger partial charge in [0.2, 0.25) is 0 Å². The maximum atomic E-state index is 11.6. The van der Waals surface area contributed by atoms with Crippen LogP contribution in [-0.4, -0.2) is 57.1 Å². The first-order valence-corrected chi connectivity index (χ1v) is 26.3. The van der Waals surface area contributed by atoms with Crippen molar-refractivity contribution >= 4 is 34.7 Å². The van der Waals surface area contributed by atoms with Gasteiger partial charge in [0.25, 0.3) is 0 Å². The Morgan fingerprint density at radius 3 is 1.06 bits per heavy atom. The summed E-state index contributed by atoms with van der Waals surface area (Å²) < 4.78 is 0. The molecule has 0 spiro atoms. The molecule has 6 aliphatic carbocycles. The summed E-state index contributed by atoms with van der Waals surface area (Å²) in [5.41, 5.74) is 0.658. The van der Waals surface area contributed by atoms with Gasteiger partial charge in [0.1, 0.15) is 28.9 Å². The Bertz CT molecular complexity index is 1410. The number of hydrogen-bond acceptors (Lipinski definition) is 8. The van der Waals surface area contributed by atoms with Gasteiger partial charge < -0.3 is 10.2 Å². The first kappa shape index (κ1) is 59.7. The summed E-state index contributed by atoms with van der Waals surface area (Å²) in [6, 6.07) is 0. The van der Waals surface area contributed by atoms with Gasteiger partial charge in [-0.1, -0.05) is 167 Å². The molecule has 5 saturated carbocycles. The molecule has 0 aromatic carbocycles. The van der Waals surface area contributed by atoms with Crippen molar-refractivity contribution in [2.75, 3.05) is 0 Å². The van der Waals surface area contributed by atoms with Gasteiger partial charge in [0.05, 0.1) is 12.2 Å². The summed E-state index contributed by atoms with van der Waals surface area (Å²) in [7, 11) is 0. The van der Waals surface area contributed by atoms with E-state index in [1.54, 1.807) is 13.0 Å². The third kappa shape index (κ3) is 23.4. The van der Waals surface area contributed by atoms with Crippen LogP contribution in [0, 0.1) is 71.0 Å². The highest BCUT2D eigenvalue weighted by molar-refractivity contribution is 5.97. The molecule has 0 aromatic heterocycles. The van der Waals surface area contributed by atoms with E-state index in [1.165, 1.54) is 70.6 Å². The van der Waals surface area contributed by atoms with E-state index in [9.17, 15) is 39.0 Å². The smallest absolute Gasteiger partial charge is 0.161 e. The van der Waals surface area contributed by atoms with Crippen LogP contribution >= 0.6 is 0 Å². The Morgan fingerprint density at radius 2 is 0.781 bits per heavy atom. The van der Waals surface area contributed by atoms with Crippen LogP contribution in [0.4, 0.5) is 0 Å². The largest absolute Gasteiger partial charge is 0.390 e. The fraction of sp³-hybridized carbons (Fsp3) is 0.857. The molecule has 0 bridgehead atoms. The molecule has 0 saturated heterocycles. The lowest BCUT2D eigenvalue weighted by molar-refractivity contribution is -0.128. The van der Waals surface area contributed by atoms with Gasteiger partial charge in [-0.15, -0.1) is 0 Å². The van der Waals surface area contributed by atoms with Crippen molar-refractivity contribution in [3.05, 3.63) is 11.6 Å². The average Bonchev–Trinajstić information content (AvgIpc) is 3.95. The summed E-state index contributed by atoms with van der Waals surface area (Å²) >= 11 is 0. The summed E-state index contributed by atoms with van der Waals surface area (Å²) in [4.78, 5) is 67.9. The minimum absolute atomic E-state index is 0.0455. The minimum atomic E-state index is -0.798. The van der Waals surface area contributed by atoms with Crippen molar-refractivity contribution in [1.82, 2.24) is 0 Å². The molecule has 0 amide bonds. The number of Topliss-reactive ketones (excluding diaryl/α,β-unsaturated/α-hetero) is 6. The second kappa shape index (κ2) is 31.6. The van der Waals surface area contributed by atoms with Crippen molar-refractivity contribution in [3.8, 4) is 0 Å². The number of carbonyl (C=O) groups is 6. The van der Waals surface area contributed by atoms with Crippen LogP contribution in [0.5, 0.6) is 0 Å². The minimum Gasteiger partial charge on any atom is -0.390 e. The number of aliphatic hydroxyl groups is 2. The molecule has 5 fully saturated rings. The number of hydrogen-bond donors (Lipinski definition) is 2.